The molecular weight excluding hydrogens is 442 g/mol. The Hall–Kier alpha value is -2.90. The molecule has 1 atom stereocenters. The first kappa shape index (κ1) is 25.2. The second kappa shape index (κ2) is 11.2. The van der Waals surface area contributed by atoms with E-state index in [-0.39, 0.29) is 6.03 Å². The average Bonchev–Trinajstić information content (AvgIpc) is 3.31. The van der Waals surface area contributed by atoms with Gasteiger partial charge in [-0.05, 0) is 61.4 Å². The van der Waals surface area contributed by atoms with Gasteiger partial charge in [0.15, 0.2) is 0 Å². The summed E-state index contributed by atoms with van der Waals surface area (Å²) in [7, 11) is 3.23. The number of nitrogens with zero attached hydrogens (tertiary/aromatic N) is 2. The van der Waals surface area contributed by atoms with Gasteiger partial charge < -0.3 is 24.5 Å². The maximum Gasteiger partial charge on any atom is 0.318 e. The van der Waals surface area contributed by atoms with Crippen molar-refractivity contribution in [1.82, 2.24) is 15.1 Å². The summed E-state index contributed by atoms with van der Waals surface area (Å²) in [5, 5.41) is 3.00. The monoisotopic (exact) mass is 479 g/mol. The molecule has 0 bridgehead atoms. The van der Waals surface area contributed by atoms with E-state index in [0.29, 0.717) is 38.6 Å². The minimum atomic E-state index is -0.832. The van der Waals surface area contributed by atoms with Crippen molar-refractivity contribution in [1.29, 1.82) is 0 Å². The molecule has 1 fully saturated rings. The van der Waals surface area contributed by atoms with Gasteiger partial charge in [0.25, 0.3) is 0 Å². The number of carbonyl (C=O) groups is 2. The highest BCUT2D eigenvalue weighted by molar-refractivity contribution is 5.80. The molecule has 1 aliphatic heterocycles. The summed E-state index contributed by atoms with van der Waals surface area (Å²) >= 11 is 0. The lowest BCUT2D eigenvalue weighted by Crippen LogP contribution is -2.61. The fourth-order valence-electron chi connectivity index (χ4n) is 5.52. The van der Waals surface area contributed by atoms with Crippen LogP contribution in [0.5, 0.6) is 5.75 Å². The van der Waals surface area contributed by atoms with Gasteiger partial charge in [0.2, 0.25) is 0 Å². The van der Waals surface area contributed by atoms with Crippen LogP contribution in [0.3, 0.4) is 0 Å². The largest absolute Gasteiger partial charge is 0.497 e. The van der Waals surface area contributed by atoms with E-state index in [2.05, 4.69) is 35.3 Å². The standard InChI is InChI=1S/C28H37N3O4/c1-21-7-8-23-9-10-26(25(23)17-21)30-13-11-28(20-32,12-14-30)31(15-16-34-2)27(33)29-19-22-5-4-6-24(18-22)35-3/h4-8,17-18,20,26H,9-16,19H2,1-3H3,(H,29,33). The Labute approximate surface area is 208 Å². The van der Waals surface area contributed by atoms with Crippen molar-refractivity contribution in [3.05, 3.63) is 64.7 Å². The highest BCUT2D eigenvalue weighted by Crippen LogP contribution is 2.39. The number of urea groups is 1. The number of methoxy groups -OCH3 is 2. The zero-order chi connectivity index (χ0) is 24.8. The van der Waals surface area contributed by atoms with Crippen molar-refractivity contribution in [3.63, 3.8) is 0 Å². The van der Waals surface area contributed by atoms with Gasteiger partial charge in [0, 0.05) is 39.3 Å². The quantitative estimate of drug-likeness (QED) is 0.553. The van der Waals surface area contributed by atoms with Crippen LogP contribution in [0.15, 0.2) is 42.5 Å². The lowest BCUT2D eigenvalue weighted by molar-refractivity contribution is -0.120. The Morgan fingerprint density at radius 2 is 2.00 bits per heavy atom. The first-order valence-electron chi connectivity index (χ1n) is 12.5. The average molecular weight is 480 g/mol. The number of carbonyl (C=O) groups excluding carboxylic acids is 2. The van der Waals surface area contributed by atoms with E-state index in [9.17, 15) is 9.59 Å². The summed E-state index contributed by atoms with van der Waals surface area (Å²) in [6.45, 7) is 4.80. The zero-order valence-electron chi connectivity index (χ0n) is 21.1. The van der Waals surface area contributed by atoms with Crippen LogP contribution in [0.2, 0.25) is 0 Å². The van der Waals surface area contributed by atoms with E-state index in [1.54, 1.807) is 19.1 Å². The van der Waals surface area contributed by atoms with Gasteiger partial charge in [-0.25, -0.2) is 4.79 Å². The van der Waals surface area contributed by atoms with E-state index in [1.807, 2.05) is 24.3 Å². The molecule has 0 radical (unpaired) electrons. The predicted octanol–water partition coefficient (Wildman–Crippen LogP) is 3.88. The maximum absolute atomic E-state index is 13.3. The number of nitrogens with one attached hydrogen (secondary N) is 1. The third-order valence-corrected chi connectivity index (χ3v) is 7.55. The molecule has 7 heteroatoms. The molecule has 1 N–H and O–H groups in total. The third-order valence-electron chi connectivity index (χ3n) is 7.55. The Balaban J connectivity index is 1.45. The van der Waals surface area contributed by atoms with Crippen LogP contribution in [0.4, 0.5) is 4.79 Å². The lowest BCUT2D eigenvalue weighted by atomic mass is 9.86. The molecule has 0 aromatic heterocycles. The van der Waals surface area contributed by atoms with Crippen molar-refractivity contribution in [2.24, 2.45) is 0 Å². The van der Waals surface area contributed by atoms with E-state index in [0.717, 1.165) is 43.5 Å². The van der Waals surface area contributed by atoms with Crippen LogP contribution < -0.4 is 10.1 Å². The van der Waals surface area contributed by atoms with Crippen LogP contribution in [0, 0.1) is 6.92 Å². The van der Waals surface area contributed by atoms with Crippen LogP contribution in [-0.4, -0.2) is 68.1 Å². The number of aldehydes is 1. The maximum atomic E-state index is 13.3. The third kappa shape index (κ3) is 5.52. The normalized spacial score (nSPS) is 19.1. The van der Waals surface area contributed by atoms with Gasteiger partial charge >= 0.3 is 6.03 Å². The summed E-state index contributed by atoms with van der Waals surface area (Å²) in [5.74, 6) is 0.744. The number of benzene rings is 2. The van der Waals surface area contributed by atoms with Crippen molar-refractivity contribution in [2.75, 3.05) is 40.5 Å². The first-order valence-corrected chi connectivity index (χ1v) is 12.5. The van der Waals surface area contributed by atoms with E-state index in [4.69, 9.17) is 9.47 Å². The molecule has 0 spiro atoms. The van der Waals surface area contributed by atoms with Gasteiger partial charge in [-0.1, -0.05) is 35.9 Å². The second-order valence-electron chi connectivity index (χ2n) is 9.67. The molecular formula is C28H37N3O4. The van der Waals surface area contributed by atoms with Crippen molar-refractivity contribution in [2.45, 2.75) is 50.7 Å². The summed E-state index contributed by atoms with van der Waals surface area (Å²) in [6, 6.07) is 14.5. The van der Waals surface area contributed by atoms with Crippen molar-refractivity contribution in [3.8, 4) is 5.75 Å². The SMILES string of the molecule is COCCN(C(=O)NCc1cccc(OC)c1)C1(C=O)CCN(C2CCc3ccc(C)cc32)CC1. The topological polar surface area (TPSA) is 71.1 Å². The molecule has 4 rings (SSSR count). The van der Waals surface area contributed by atoms with Gasteiger partial charge in [0.05, 0.1) is 13.7 Å². The molecule has 1 unspecified atom stereocenters. The summed E-state index contributed by atoms with van der Waals surface area (Å²) in [6.07, 6.45) is 4.43. The number of hydrogen-bond acceptors (Lipinski definition) is 5. The summed E-state index contributed by atoms with van der Waals surface area (Å²) in [4.78, 5) is 30.0. The molecule has 1 heterocycles. The summed E-state index contributed by atoms with van der Waals surface area (Å²) in [5.41, 5.74) is 4.26. The number of amides is 2. The molecule has 2 aromatic rings. The fraction of sp³-hybridized carbons (Fsp3) is 0.500. The number of piperidine rings is 1. The Bertz CT molecular complexity index is 1030. The van der Waals surface area contributed by atoms with E-state index in [1.165, 1.54) is 16.7 Å². The van der Waals surface area contributed by atoms with Gasteiger partial charge in [-0.2, -0.15) is 0 Å². The Morgan fingerprint density at radius 1 is 1.20 bits per heavy atom. The number of hydrogen-bond donors (Lipinski definition) is 1. The number of ether oxygens (including phenoxy) is 2. The van der Waals surface area contributed by atoms with Crippen molar-refractivity contribution < 1.29 is 19.1 Å². The molecule has 35 heavy (non-hydrogen) atoms. The molecule has 7 nitrogen and oxygen atoms in total. The first-order chi connectivity index (χ1) is 17.0. The Morgan fingerprint density at radius 3 is 2.71 bits per heavy atom. The van der Waals surface area contributed by atoms with E-state index < -0.39 is 5.54 Å². The molecule has 0 saturated carbocycles. The number of rotatable bonds is 9. The number of fused-ring (bicyclic) bond motifs is 1. The predicted molar refractivity (Wildman–Crippen MR) is 136 cm³/mol. The molecule has 1 aliphatic carbocycles. The number of aryl methyl sites for hydroxylation is 2. The minimum absolute atomic E-state index is 0.243. The van der Waals surface area contributed by atoms with Gasteiger partial charge in [-0.3, -0.25) is 4.90 Å². The van der Waals surface area contributed by atoms with Crippen molar-refractivity contribution >= 4 is 12.3 Å². The van der Waals surface area contributed by atoms with Gasteiger partial charge in [0.1, 0.15) is 17.6 Å². The second-order valence-corrected chi connectivity index (χ2v) is 9.67. The number of likely N-dealkylation sites (tertiary alicyclic amines) is 1. The fourth-order valence-corrected chi connectivity index (χ4v) is 5.52. The zero-order valence-corrected chi connectivity index (χ0v) is 21.1. The molecule has 2 aromatic carbocycles. The van der Waals surface area contributed by atoms with Crippen LogP contribution in [-0.2, 0) is 22.5 Å². The smallest absolute Gasteiger partial charge is 0.318 e. The molecule has 1 saturated heterocycles. The lowest BCUT2D eigenvalue weighted by Gasteiger charge is -2.46. The highest BCUT2D eigenvalue weighted by atomic mass is 16.5. The van der Waals surface area contributed by atoms with Crippen LogP contribution >= 0.6 is 0 Å². The molecule has 2 amide bonds. The summed E-state index contributed by atoms with van der Waals surface area (Å²) < 4.78 is 10.6. The minimum Gasteiger partial charge on any atom is -0.497 e. The Kier molecular flexibility index (Phi) is 8.08. The van der Waals surface area contributed by atoms with Crippen LogP contribution in [0.1, 0.15) is 47.6 Å². The van der Waals surface area contributed by atoms with Gasteiger partial charge in [-0.15, -0.1) is 0 Å². The molecule has 2 aliphatic rings. The molecule has 188 valence electrons. The van der Waals surface area contributed by atoms with Crippen LogP contribution in [0.25, 0.3) is 0 Å². The van der Waals surface area contributed by atoms with E-state index >= 15 is 0 Å². The highest BCUT2D eigenvalue weighted by Gasteiger charge is 2.44.